The van der Waals surface area contributed by atoms with E-state index in [1.807, 2.05) is 0 Å². The molecular formula is C19H32N6O9. The molecule has 0 rings (SSSR count). The van der Waals surface area contributed by atoms with E-state index in [-0.39, 0.29) is 25.7 Å². The molecule has 11 N–H and O–H groups in total. The number of carboxylic acids is 2. The molecule has 15 heteroatoms. The normalized spacial score (nSPS) is 14.2. The molecule has 5 amide bonds. The molecular weight excluding hydrogens is 456 g/mol. The monoisotopic (exact) mass is 488 g/mol. The molecule has 0 radical (unpaired) electrons. The van der Waals surface area contributed by atoms with Crippen LogP contribution in [-0.2, 0) is 33.6 Å². The number of amides is 5. The first kappa shape index (κ1) is 30.2. The van der Waals surface area contributed by atoms with Gasteiger partial charge in [0.1, 0.15) is 18.1 Å². The van der Waals surface area contributed by atoms with Crippen molar-refractivity contribution in [3.05, 3.63) is 0 Å². The number of rotatable bonds is 16. The number of carboxylic acid groups (broad SMARTS) is 2. The summed E-state index contributed by atoms with van der Waals surface area (Å²) in [6, 6.07) is -5.55. The Balaban J connectivity index is 5.43. The molecule has 0 heterocycles. The van der Waals surface area contributed by atoms with Gasteiger partial charge in [-0.3, -0.25) is 28.8 Å². The predicted octanol–water partition coefficient (Wildman–Crippen LogP) is -3.49. The fourth-order valence-corrected chi connectivity index (χ4v) is 2.69. The largest absolute Gasteiger partial charge is 0.481 e. The van der Waals surface area contributed by atoms with E-state index in [1.54, 1.807) is 13.8 Å². The van der Waals surface area contributed by atoms with Crippen LogP contribution in [0.4, 0.5) is 0 Å². The standard InChI is InChI=1S/C19H32N6O9/c1-8(2)15(25-16(30)9(20)3-6-14(28)29)18(32)24-11(7-13(22)27)17(31)23-10(19(33)34)4-5-12(21)26/h8-11,15H,3-7,20H2,1-2H3,(H2,21,26)(H2,22,27)(H,23,31)(H,24,32)(H,25,30)(H,28,29)(H,33,34). The second-order valence-corrected chi connectivity index (χ2v) is 7.91. The minimum absolute atomic E-state index is 0.178. The van der Waals surface area contributed by atoms with Crippen LogP contribution in [0.3, 0.4) is 0 Å². The fourth-order valence-electron chi connectivity index (χ4n) is 2.69. The van der Waals surface area contributed by atoms with Crippen molar-refractivity contribution in [2.75, 3.05) is 0 Å². The zero-order valence-electron chi connectivity index (χ0n) is 18.9. The van der Waals surface area contributed by atoms with Gasteiger partial charge in [-0.1, -0.05) is 13.8 Å². The Morgan fingerprint density at radius 3 is 1.74 bits per heavy atom. The average Bonchev–Trinajstić information content (AvgIpc) is 2.70. The molecule has 0 saturated heterocycles. The van der Waals surface area contributed by atoms with Crippen molar-refractivity contribution < 1.29 is 43.8 Å². The van der Waals surface area contributed by atoms with Crippen molar-refractivity contribution in [3.63, 3.8) is 0 Å². The summed E-state index contributed by atoms with van der Waals surface area (Å²) in [4.78, 5) is 81.9. The Morgan fingerprint density at radius 2 is 1.29 bits per heavy atom. The van der Waals surface area contributed by atoms with Gasteiger partial charge in [-0.15, -0.1) is 0 Å². The highest BCUT2D eigenvalue weighted by Crippen LogP contribution is 2.06. The van der Waals surface area contributed by atoms with Crippen LogP contribution in [-0.4, -0.2) is 75.9 Å². The van der Waals surface area contributed by atoms with E-state index >= 15 is 0 Å². The number of nitrogens with two attached hydrogens (primary N) is 3. The minimum Gasteiger partial charge on any atom is -0.481 e. The molecule has 15 nitrogen and oxygen atoms in total. The van der Waals surface area contributed by atoms with Gasteiger partial charge in [0, 0.05) is 12.8 Å². The van der Waals surface area contributed by atoms with Crippen LogP contribution in [0.15, 0.2) is 0 Å². The summed E-state index contributed by atoms with van der Waals surface area (Å²) < 4.78 is 0. The summed E-state index contributed by atoms with van der Waals surface area (Å²) in [5, 5.41) is 24.6. The molecule has 4 unspecified atom stereocenters. The molecule has 0 fully saturated rings. The van der Waals surface area contributed by atoms with E-state index in [1.165, 1.54) is 0 Å². The van der Waals surface area contributed by atoms with E-state index in [0.717, 1.165) is 0 Å². The Labute approximate surface area is 195 Å². The summed E-state index contributed by atoms with van der Waals surface area (Å²) in [5.41, 5.74) is 15.8. The van der Waals surface area contributed by atoms with Crippen molar-refractivity contribution in [1.29, 1.82) is 0 Å². The first-order chi connectivity index (χ1) is 15.6. The third-order valence-corrected chi connectivity index (χ3v) is 4.59. The lowest BCUT2D eigenvalue weighted by Crippen LogP contribution is -2.59. The summed E-state index contributed by atoms with van der Waals surface area (Å²) >= 11 is 0. The lowest BCUT2D eigenvalue weighted by atomic mass is 10.0. The van der Waals surface area contributed by atoms with Gasteiger partial charge in [-0.25, -0.2) is 4.79 Å². The van der Waals surface area contributed by atoms with Crippen molar-refractivity contribution in [2.24, 2.45) is 23.1 Å². The second kappa shape index (κ2) is 14.4. The van der Waals surface area contributed by atoms with Crippen LogP contribution in [0.2, 0.25) is 0 Å². The SMILES string of the molecule is CC(C)C(NC(=O)C(N)CCC(=O)O)C(=O)NC(CC(N)=O)C(=O)NC(CCC(N)=O)C(=O)O. The zero-order chi connectivity index (χ0) is 26.6. The summed E-state index contributed by atoms with van der Waals surface area (Å²) in [5.74, 6) is -7.67. The Kier molecular flexibility index (Phi) is 12.8. The van der Waals surface area contributed by atoms with Crippen molar-refractivity contribution in [3.8, 4) is 0 Å². The van der Waals surface area contributed by atoms with Gasteiger partial charge in [-0.05, 0) is 18.8 Å². The Hall–Kier alpha value is -3.75. The number of primary amides is 2. The highest BCUT2D eigenvalue weighted by atomic mass is 16.4. The van der Waals surface area contributed by atoms with Gasteiger partial charge < -0.3 is 43.4 Å². The topological polar surface area (TPSA) is 274 Å². The van der Waals surface area contributed by atoms with Crippen LogP contribution < -0.4 is 33.2 Å². The van der Waals surface area contributed by atoms with Gasteiger partial charge in [-0.2, -0.15) is 0 Å². The molecule has 0 aromatic carbocycles. The molecule has 0 aliphatic carbocycles. The van der Waals surface area contributed by atoms with E-state index in [2.05, 4.69) is 16.0 Å². The molecule has 0 aliphatic heterocycles. The van der Waals surface area contributed by atoms with Crippen molar-refractivity contribution >= 4 is 41.5 Å². The maximum atomic E-state index is 12.8. The molecule has 0 aliphatic rings. The van der Waals surface area contributed by atoms with Crippen LogP contribution >= 0.6 is 0 Å². The van der Waals surface area contributed by atoms with E-state index < -0.39 is 78.0 Å². The van der Waals surface area contributed by atoms with Gasteiger partial charge in [0.05, 0.1) is 12.5 Å². The summed E-state index contributed by atoms with van der Waals surface area (Å²) in [6.07, 6.45) is -1.90. The number of hydrogen-bond donors (Lipinski definition) is 8. The third kappa shape index (κ3) is 11.8. The third-order valence-electron chi connectivity index (χ3n) is 4.59. The zero-order valence-corrected chi connectivity index (χ0v) is 18.9. The summed E-state index contributed by atoms with van der Waals surface area (Å²) in [6.45, 7) is 3.14. The number of nitrogens with one attached hydrogen (secondary N) is 3. The molecule has 0 aromatic heterocycles. The lowest BCUT2D eigenvalue weighted by molar-refractivity contribution is -0.143. The number of hydrogen-bond acceptors (Lipinski definition) is 8. The lowest BCUT2D eigenvalue weighted by Gasteiger charge is -2.26. The second-order valence-electron chi connectivity index (χ2n) is 7.91. The minimum atomic E-state index is -1.58. The summed E-state index contributed by atoms with van der Waals surface area (Å²) in [7, 11) is 0. The van der Waals surface area contributed by atoms with Gasteiger partial charge in [0.15, 0.2) is 0 Å². The molecule has 0 bridgehead atoms. The molecule has 0 saturated carbocycles. The van der Waals surface area contributed by atoms with E-state index in [0.29, 0.717) is 0 Å². The van der Waals surface area contributed by atoms with Crippen LogP contribution in [0.5, 0.6) is 0 Å². The smallest absolute Gasteiger partial charge is 0.326 e. The number of carbonyl (C=O) groups is 7. The Bertz CT molecular complexity index is 801. The highest BCUT2D eigenvalue weighted by Gasteiger charge is 2.32. The maximum absolute atomic E-state index is 12.8. The molecule has 4 atom stereocenters. The van der Waals surface area contributed by atoms with Crippen molar-refractivity contribution in [2.45, 2.75) is 70.1 Å². The highest BCUT2D eigenvalue weighted by molar-refractivity contribution is 5.96. The predicted molar refractivity (Wildman–Crippen MR) is 115 cm³/mol. The van der Waals surface area contributed by atoms with Crippen LogP contribution in [0, 0.1) is 5.92 Å². The number of carbonyl (C=O) groups excluding carboxylic acids is 5. The number of aliphatic carboxylic acids is 2. The van der Waals surface area contributed by atoms with Crippen LogP contribution in [0.1, 0.15) is 46.0 Å². The van der Waals surface area contributed by atoms with Crippen molar-refractivity contribution in [1.82, 2.24) is 16.0 Å². The first-order valence-corrected chi connectivity index (χ1v) is 10.3. The average molecular weight is 488 g/mol. The molecule has 0 aromatic rings. The van der Waals surface area contributed by atoms with Gasteiger partial charge >= 0.3 is 11.9 Å². The van der Waals surface area contributed by atoms with E-state index in [4.69, 9.17) is 22.3 Å². The molecule has 0 spiro atoms. The van der Waals surface area contributed by atoms with Gasteiger partial charge in [0.25, 0.3) is 0 Å². The van der Waals surface area contributed by atoms with Gasteiger partial charge in [0.2, 0.25) is 29.5 Å². The fraction of sp³-hybridized carbons (Fsp3) is 0.632. The Morgan fingerprint density at radius 1 is 0.735 bits per heavy atom. The van der Waals surface area contributed by atoms with E-state index in [9.17, 15) is 38.7 Å². The first-order valence-electron chi connectivity index (χ1n) is 10.3. The van der Waals surface area contributed by atoms with Crippen LogP contribution in [0.25, 0.3) is 0 Å². The molecule has 192 valence electrons. The maximum Gasteiger partial charge on any atom is 0.326 e. The molecule has 34 heavy (non-hydrogen) atoms. The quantitative estimate of drug-likeness (QED) is 0.106.